The fraction of sp³-hybridized carbons (Fsp3) is 0.758. The molecular formula is C33H62NPTi. The quantitative estimate of drug-likeness (QED) is 0.0655. The van der Waals surface area contributed by atoms with Crippen LogP contribution in [0.4, 0.5) is 0 Å². The predicted molar refractivity (Wildman–Crippen MR) is 166 cm³/mol. The van der Waals surface area contributed by atoms with Gasteiger partial charge in [-0.2, -0.15) is 0 Å². The maximum atomic E-state index is 5.51. The van der Waals surface area contributed by atoms with Crippen LogP contribution in [0.2, 0.25) is 0 Å². The molecule has 0 spiro atoms. The van der Waals surface area contributed by atoms with E-state index in [1.807, 2.05) is 0 Å². The molecule has 0 heterocycles. The first-order valence-corrected chi connectivity index (χ1v) is 17.6. The smallest absolute Gasteiger partial charge is 0.0425 e. The van der Waals surface area contributed by atoms with E-state index >= 15 is 0 Å². The number of unbranched alkanes of at least 4 members (excludes halogenated alkanes) is 9. The van der Waals surface area contributed by atoms with Crippen LogP contribution in [0.15, 0.2) is 52.0 Å². The molecule has 0 radical (unpaired) electrons. The molecule has 208 valence electrons. The summed E-state index contributed by atoms with van der Waals surface area (Å²) in [6, 6.07) is 0. The summed E-state index contributed by atoms with van der Waals surface area (Å²) in [6.45, 7) is 15.6. The van der Waals surface area contributed by atoms with E-state index in [0.29, 0.717) is 0 Å². The Balaban J connectivity index is 0. The fourth-order valence-corrected chi connectivity index (χ4v) is 8.80. The molecule has 0 bridgehead atoms. The summed E-state index contributed by atoms with van der Waals surface area (Å²) in [6.07, 6.45) is 35.6. The minimum atomic E-state index is -1.15. The van der Waals surface area contributed by atoms with Crippen molar-refractivity contribution in [1.29, 1.82) is 0 Å². The molecule has 1 aliphatic carbocycles. The average molecular weight is 552 g/mol. The molecular weight excluding hydrogens is 489 g/mol. The van der Waals surface area contributed by atoms with Crippen molar-refractivity contribution in [3.63, 3.8) is 0 Å². The minimum absolute atomic E-state index is 0. The van der Waals surface area contributed by atoms with Crippen LogP contribution < -0.4 is 0 Å². The van der Waals surface area contributed by atoms with Gasteiger partial charge in [-0.3, -0.25) is 4.74 Å². The zero-order valence-electron chi connectivity index (χ0n) is 25.5. The molecule has 0 aromatic rings. The van der Waals surface area contributed by atoms with Crippen molar-refractivity contribution in [2.24, 2.45) is 4.74 Å². The third-order valence-electron chi connectivity index (χ3n) is 7.02. The van der Waals surface area contributed by atoms with Gasteiger partial charge in [-0.05, 0) is 77.6 Å². The SMILES string of the molecule is CCC=C(C)C(C)=CCC.CCCCCCP(CCCCCC)(CCCCCC)=NC1=CC=CC1.[Ti]. The molecule has 0 N–H and O–H groups in total. The molecule has 1 rings (SSSR count). The van der Waals surface area contributed by atoms with Crippen LogP contribution in [0.3, 0.4) is 0 Å². The van der Waals surface area contributed by atoms with E-state index in [1.54, 1.807) is 0 Å². The van der Waals surface area contributed by atoms with Crippen LogP contribution in [-0.4, -0.2) is 18.5 Å². The number of hydrogen-bond donors (Lipinski definition) is 0. The second-order valence-corrected chi connectivity index (χ2v) is 14.2. The van der Waals surface area contributed by atoms with E-state index in [4.69, 9.17) is 4.74 Å². The number of hydrogen-bond acceptors (Lipinski definition) is 1. The van der Waals surface area contributed by atoms with Gasteiger partial charge in [0, 0.05) is 33.8 Å². The summed E-state index contributed by atoms with van der Waals surface area (Å²) in [5.74, 6) is 0. The summed E-state index contributed by atoms with van der Waals surface area (Å²) >= 11 is 0. The average Bonchev–Trinajstić information content (AvgIpc) is 3.36. The first kappa shape index (κ1) is 38.1. The summed E-state index contributed by atoms with van der Waals surface area (Å²) < 4.78 is 5.51. The third kappa shape index (κ3) is 19.9. The van der Waals surface area contributed by atoms with Gasteiger partial charge in [0.05, 0.1) is 0 Å². The van der Waals surface area contributed by atoms with Gasteiger partial charge in [-0.15, -0.1) is 0 Å². The first-order chi connectivity index (χ1) is 17.0. The van der Waals surface area contributed by atoms with Gasteiger partial charge in [0.2, 0.25) is 0 Å². The van der Waals surface area contributed by atoms with E-state index in [2.05, 4.69) is 78.8 Å². The largest absolute Gasteiger partial charge is 0.272 e. The summed E-state index contributed by atoms with van der Waals surface area (Å²) in [5, 5.41) is 0. The molecule has 0 aliphatic heterocycles. The van der Waals surface area contributed by atoms with Crippen molar-refractivity contribution in [2.75, 3.05) is 18.5 Å². The number of allylic oxidation sites excluding steroid dienone is 7. The molecule has 0 saturated heterocycles. The summed E-state index contributed by atoms with van der Waals surface area (Å²) in [4.78, 5) is 0. The normalized spacial score (nSPS) is 13.7. The van der Waals surface area contributed by atoms with Gasteiger partial charge >= 0.3 is 0 Å². The van der Waals surface area contributed by atoms with E-state index in [-0.39, 0.29) is 21.7 Å². The van der Waals surface area contributed by atoms with Crippen molar-refractivity contribution in [1.82, 2.24) is 0 Å². The Labute approximate surface area is 243 Å². The first-order valence-electron chi connectivity index (χ1n) is 15.3. The monoisotopic (exact) mass is 551 g/mol. The molecule has 3 heteroatoms. The summed E-state index contributed by atoms with van der Waals surface area (Å²) in [7, 11) is -1.15. The molecule has 0 aromatic carbocycles. The van der Waals surface area contributed by atoms with Gasteiger partial charge in [-0.25, -0.2) is 0 Å². The van der Waals surface area contributed by atoms with Gasteiger partial charge in [0.1, 0.15) is 0 Å². The fourth-order valence-electron chi connectivity index (χ4n) is 4.70. The molecule has 1 nitrogen and oxygen atoms in total. The van der Waals surface area contributed by atoms with Crippen LogP contribution >= 0.6 is 7.05 Å². The molecule has 0 aromatic heterocycles. The standard InChI is InChI=1S/C23H44NP.C10H18.Ti/c1-4-7-10-15-20-25(21-16-11-8-5-2,22-17-12-9-6-3)24-23-18-13-14-19-23;1-5-7-9(3)10(4)8-6-2;/h13-14,18H,4-12,15-17,19-22H2,1-3H3;7-8H,5-6H2,1-4H3;. The van der Waals surface area contributed by atoms with Gasteiger partial charge in [-0.1, -0.05) is 128 Å². The number of nitrogens with zero attached hydrogens (tertiary/aromatic N) is 1. The Kier molecular flexibility index (Phi) is 28.0. The molecule has 0 fully saturated rings. The Morgan fingerprint density at radius 3 is 1.42 bits per heavy atom. The summed E-state index contributed by atoms with van der Waals surface area (Å²) in [5.41, 5.74) is 4.23. The molecule has 0 unspecified atom stereocenters. The second kappa shape index (κ2) is 26.5. The van der Waals surface area contributed by atoms with Crippen molar-refractivity contribution < 1.29 is 21.7 Å². The molecule has 0 amide bonds. The van der Waals surface area contributed by atoms with Gasteiger partial charge in [0.15, 0.2) is 0 Å². The van der Waals surface area contributed by atoms with E-state index in [0.717, 1.165) is 19.3 Å². The Morgan fingerprint density at radius 1 is 0.694 bits per heavy atom. The van der Waals surface area contributed by atoms with Crippen molar-refractivity contribution in [2.45, 2.75) is 145 Å². The van der Waals surface area contributed by atoms with Crippen LogP contribution in [0.5, 0.6) is 0 Å². The molecule has 0 atom stereocenters. The Morgan fingerprint density at radius 2 is 1.11 bits per heavy atom. The van der Waals surface area contributed by atoms with Gasteiger partial charge < -0.3 is 0 Å². The molecule has 0 saturated carbocycles. The van der Waals surface area contributed by atoms with Crippen LogP contribution in [0.1, 0.15) is 145 Å². The third-order valence-corrected chi connectivity index (χ3v) is 11.1. The maximum absolute atomic E-state index is 5.51. The second-order valence-electron chi connectivity index (χ2n) is 10.4. The Hall–Kier alpha value is -0.0957. The minimum Gasteiger partial charge on any atom is -0.272 e. The van der Waals surface area contributed by atoms with Crippen LogP contribution in [0.25, 0.3) is 0 Å². The molecule has 1 aliphatic rings. The van der Waals surface area contributed by atoms with E-state index in [1.165, 1.54) is 112 Å². The van der Waals surface area contributed by atoms with E-state index < -0.39 is 7.05 Å². The number of rotatable bonds is 19. The van der Waals surface area contributed by atoms with Crippen LogP contribution in [-0.2, 0) is 21.7 Å². The maximum Gasteiger partial charge on any atom is 0.0425 e. The van der Waals surface area contributed by atoms with Crippen LogP contribution in [0, 0.1) is 0 Å². The van der Waals surface area contributed by atoms with E-state index in [9.17, 15) is 0 Å². The van der Waals surface area contributed by atoms with Crippen molar-refractivity contribution in [3.05, 3.63) is 47.2 Å². The topological polar surface area (TPSA) is 12.4 Å². The predicted octanol–water partition coefficient (Wildman–Crippen LogP) is 12.5. The van der Waals surface area contributed by atoms with Crippen molar-refractivity contribution >= 4 is 7.05 Å². The Bertz CT molecular complexity index is 628. The molecule has 36 heavy (non-hydrogen) atoms. The zero-order valence-corrected chi connectivity index (χ0v) is 28.0. The van der Waals surface area contributed by atoms with Gasteiger partial charge in [0.25, 0.3) is 0 Å². The van der Waals surface area contributed by atoms with Crippen molar-refractivity contribution in [3.8, 4) is 0 Å². The zero-order chi connectivity index (χ0) is 26.2.